The lowest BCUT2D eigenvalue weighted by molar-refractivity contribution is 0.137. The summed E-state index contributed by atoms with van der Waals surface area (Å²) in [7, 11) is 2.99. The molecule has 2 fully saturated rings. The topological polar surface area (TPSA) is 38.7 Å². The van der Waals surface area contributed by atoms with Crippen LogP contribution in [0.4, 0.5) is 4.39 Å². The maximum atomic E-state index is 14.2. The predicted octanol–water partition coefficient (Wildman–Crippen LogP) is 3.31. The van der Waals surface area contributed by atoms with Crippen LogP contribution in [0.3, 0.4) is 0 Å². The zero-order chi connectivity index (χ0) is 14.3. The first kappa shape index (κ1) is 13.7. The van der Waals surface area contributed by atoms with Crippen molar-refractivity contribution in [3.8, 4) is 11.5 Å². The number of hydrogen-bond acceptors (Lipinski definition) is 3. The summed E-state index contributed by atoms with van der Waals surface area (Å²) in [5.74, 6) is 1.77. The van der Waals surface area contributed by atoms with Crippen molar-refractivity contribution in [3.05, 3.63) is 23.5 Å². The second kappa shape index (κ2) is 5.24. The highest BCUT2D eigenvalue weighted by molar-refractivity contribution is 5.44. The van der Waals surface area contributed by atoms with Crippen LogP contribution in [0.5, 0.6) is 11.5 Å². The van der Waals surface area contributed by atoms with Crippen molar-refractivity contribution in [2.45, 2.75) is 31.8 Å². The molecule has 1 aromatic carbocycles. The van der Waals surface area contributed by atoms with E-state index in [2.05, 4.69) is 0 Å². The zero-order valence-corrected chi connectivity index (χ0v) is 11.9. The Hall–Kier alpha value is -1.29. The minimum Gasteiger partial charge on any atom is -0.493 e. The molecule has 4 heteroatoms. The Balaban J connectivity index is 1.86. The Morgan fingerprint density at radius 3 is 2.20 bits per heavy atom. The minimum atomic E-state index is -0.733. The number of halogens is 1. The summed E-state index contributed by atoms with van der Waals surface area (Å²) in [4.78, 5) is 0. The van der Waals surface area contributed by atoms with E-state index in [1.54, 1.807) is 6.07 Å². The van der Waals surface area contributed by atoms with E-state index >= 15 is 0 Å². The fourth-order valence-corrected chi connectivity index (χ4v) is 3.82. The van der Waals surface area contributed by atoms with Crippen LogP contribution in [-0.4, -0.2) is 19.3 Å². The van der Waals surface area contributed by atoms with Gasteiger partial charge in [-0.3, -0.25) is 0 Å². The molecule has 2 aliphatic carbocycles. The maximum absolute atomic E-state index is 14.2. The van der Waals surface area contributed by atoms with Crippen molar-refractivity contribution < 1.29 is 19.0 Å². The van der Waals surface area contributed by atoms with Gasteiger partial charge >= 0.3 is 0 Å². The molecule has 2 aliphatic rings. The molecule has 1 N–H and O–H groups in total. The van der Waals surface area contributed by atoms with E-state index in [4.69, 9.17) is 9.47 Å². The molecule has 0 spiro atoms. The monoisotopic (exact) mass is 280 g/mol. The van der Waals surface area contributed by atoms with Gasteiger partial charge in [0, 0.05) is 11.6 Å². The average Bonchev–Trinajstić information content (AvgIpc) is 3.20. The highest BCUT2D eigenvalue weighted by Crippen LogP contribution is 2.60. The van der Waals surface area contributed by atoms with Crippen LogP contribution in [0.15, 0.2) is 12.1 Å². The van der Waals surface area contributed by atoms with Gasteiger partial charge in [-0.15, -0.1) is 0 Å². The summed E-state index contributed by atoms with van der Waals surface area (Å²) in [6, 6.07) is 2.87. The molecule has 3 unspecified atom stereocenters. The van der Waals surface area contributed by atoms with Crippen LogP contribution in [-0.2, 0) is 0 Å². The Morgan fingerprint density at radius 1 is 1.10 bits per heavy atom. The second-order valence-corrected chi connectivity index (χ2v) is 5.86. The van der Waals surface area contributed by atoms with Gasteiger partial charge in [0.15, 0.2) is 11.5 Å². The number of rotatable bonds is 4. The predicted molar refractivity (Wildman–Crippen MR) is 73.4 cm³/mol. The Labute approximate surface area is 118 Å². The molecular formula is C16H21FO3. The molecule has 3 atom stereocenters. The lowest BCUT2D eigenvalue weighted by Gasteiger charge is -2.15. The molecule has 0 saturated heterocycles. The first-order valence-corrected chi connectivity index (χ1v) is 7.27. The van der Waals surface area contributed by atoms with E-state index in [0.717, 1.165) is 0 Å². The van der Waals surface area contributed by atoms with E-state index in [9.17, 15) is 9.50 Å². The molecule has 0 aliphatic heterocycles. The summed E-state index contributed by atoms with van der Waals surface area (Å²) in [6.45, 7) is 0. The smallest absolute Gasteiger partial charge is 0.163 e. The quantitative estimate of drug-likeness (QED) is 0.919. The van der Waals surface area contributed by atoms with Gasteiger partial charge in [0.2, 0.25) is 0 Å². The number of fused-ring (bicyclic) bond motifs is 1. The third kappa shape index (κ3) is 2.16. The number of hydrogen-bond donors (Lipinski definition) is 1. The van der Waals surface area contributed by atoms with Crippen molar-refractivity contribution in [2.75, 3.05) is 14.2 Å². The van der Waals surface area contributed by atoms with Crippen molar-refractivity contribution in [2.24, 2.45) is 17.8 Å². The summed E-state index contributed by atoms with van der Waals surface area (Å²) in [5, 5.41) is 10.5. The van der Waals surface area contributed by atoms with E-state index in [0.29, 0.717) is 28.9 Å². The maximum Gasteiger partial charge on any atom is 0.163 e. The molecule has 110 valence electrons. The SMILES string of the molecule is COc1cc(F)c(C(O)C2C3CCCCC32)cc1OC. The molecule has 2 saturated carbocycles. The van der Waals surface area contributed by atoms with Crippen LogP contribution in [0.1, 0.15) is 37.4 Å². The highest BCUT2D eigenvalue weighted by atomic mass is 19.1. The molecular weight excluding hydrogens is 259 g/mol. The van der Waals surface area contributed by atoms with Crippen molar-refractivity contribution in [1.29, 1.82) is 0 Å². The minimum absolute atomic E-state index is 0.213. The van der Waals surface area contributed by atoms with E-state index in [-0.39, 0.29) is 5.92 Å². The fraction of sp³-hybridized carbons (Fsp3) is 0.625. The first-order valence-electron chi connectivity index (χ1n) is 7.27. The summed E-state index contributed by atoms with van der Waals surface area (Å²) in [6.07, 6.45) is 4.07. The van der Waals surface area contributed by atoms with Gasteiger partial charge in [0.1, 0.15) is 5.82 Å². The van der Waals surface area contributed by atoms with Gasteiger partial charge in [-0.05, 0) is 36.7 Å². The summed E-state index contributed by atoms with van der Waals surface area (Å²) >= 11 is 0. The van der Waals surface area contributed by atoms with Crippen LogP contribution < -0.4 is 9.47 Å². The molecule has 0 aromatic heterocycles. The molecule has 0 heterocycles. The number of methoxy groups -OCH3 is 2. The lowest BCUT2D eigenvalue weighted by atomic mass is 10.0. The molecule has 0 amide bonds. The first-order chi connectivity index (χ1) is 9.67. The normalized spacial score (nSPS) is 29.5. The highest BCUT2D eigenvalue weighted by Gasteiger charge is 2.54. The van der Waals surface area contributed by atoms with E-state index in [1.807, 2.05) is 0 Å². The molecule has 3 rings (SSSR count). The molecule has 20 heavy (non-hydrogen) atoms. The van der Waals surface area contributed by atoms with Crippen LogP contribution >= 0.6 is 0 Å². The number of aliphatic hydroxyl groups is 1. The third-order valence-electron chi connectivity index (χ3n) is 4.91. The number of ether oxygens (including phenoxy) is 2. The van der Waals surface area contributed by atoms with E-state index < -0.39 is 11.9 Å². The zero-order valence-electron chi connectivity index (χ0n) is 11.9. The third-order valence-corrected chi connectivity index (χ3v) is 4.91. The van der Waals surface area contributed by atoms with Gasteiger partial charge in [-0.25, -0.2) is 4.39 Å². The van der Waals surface area contributed by atoms with Gasteiger partial charge in [-0.1, -0.05) is 12.8 Å². The number of aliphatic hydroxyl groups excluding tert-OH is 1. The van der Waals surface area contributed by atoms with Gasteiger partial charge in [0.25, 0.3) is 0 Å². The Bertz CT molecular complexity index is 491. The standard InChI is InChI=1S/C16H21FO3/c1-19-13-7-11(12(17)8-14(13)20-2)16(18)15-9-5-3-4-6-10(9)15/h7-10,15-16,18H,3-6H2,1-2H3. The van der Waals surface area contributed by atoms with Gasteiger partial charge in [0.05, 0.1) is 20.3 Å². The van der Waals surface area contributed by atoms with Crippen molar-refractivity contribution in [1.82, 2.24) is 0 Å². The van der Waals surface area contributed by atoms with Crippen molar-refractivity contribution in [3.63, 3.8) is 0 Å². The van der Waals surface area contributed by atoms with Crippen LogP contribution in [0.25, 0.3) is 0 Å². The lowest BCUT2D eigenvalue weighted by Crippen LogP contribution is -2.06. The van der Waals surface area contributed by atoms with Crippen LogP contribution in [0, 0.1) is 23.6 Å². The average molecular weight is 280 g/mol. The largest absolute Gasteiger partial charge is 0.493 e. The Morgan fingerprint density at radius 2 is 1.65 bits per heavy atom. The molecule has 0 radical (unpaired) electrons. The molecule has 3 nitrogen and oxygen atoms in total. The van der Waals surface area contributed by atoms with E-state index in [1.165, 1.54) is 46.0 Å². The molecule has 0 bridgehead atoms. The Kier molecular flexibility index (Phi) is 3.59. The van der Waals surface area contributed by atoms with Crippen molar-refractivity contribution >= 4 is 0 Å². The summed E-state index contributed by atoms with van der Waals surface area (Å²) in [5.41, 5.74) is 0.335. The second-order valence-electron chi connectivity index (χ2n) is 5.86. The fourth-order valence-electron chi connectivity index (χ4n) is 3.82. The van der Waals surface area contributed by atoms with Gasteiger partial charge in [-0.2, -0.15) is 0 Å². The number of benzene rings is 1. The summed E-state index contributed by atoms with van der Waals surface area (Å²) < 4.78 is 24.4. The molecule has 1 aromatic rings. The van der Waals surface area contributed by atoms with Gasteiger partial charge < -0.3 is 14.6 Å². The van der Waals surface area contributed by atoms with Crippen LogP contribution in [0.2, 0.25) is 0 Å².